The Kier molecular flexibility index (Phi) is 6.90. The van der Waals surface area contributed by atoms with E-state index >= 15 is 0 Å². The highest BCUT2D eigenvalue weighted by Gasteiger charge is 2.50. The molecule has 4 rings (SSSR count). The summed E-state index contributed by atoms with van der Waals surface area (Å²) in [5, 5.41) is 18.6. The maximum atomic E-state index is 13.1. The summed E-state index contributed by atoms with van der Waals surface area (Å²) in [6.45, 7) is 0.156. The van der Waals surface area contributed by atoms with E-state index in [2.05, 4.69) is 20.8 Å². The standard InChI is InChI=1S/C19H24N4O7S/c24-18(22-13-7-28-17-15(30-23(26)27)8-29-16(13)17)12(6-11-4-2-1-3-5-11)21-19(25)14-9-31-10-20-14/h1-5,12-17,20H,6-10H2,(H,21,25)(H,22,24)/t12-,13+,14+,15+,16-,17-/m1/s1. The van der Waals surface area contributed by atoms with Crippen LogP contribution < -0.4 is 16.0 Å². The fourth-order valence-corrected chi connectivity index (χ4v) is 4.91. The van der Waals surface area contributed by atoms with Gasteiger partial charge in [0, 0.05) is 18.1 Å². The minimum absolute atomic E-state index is 0.0118. The van der Waals surface area contributed by atoms with Crippen LogP contribution >= 0.6 is 11.8 Å². The molecule has 3 aliphatic rings. The Morgan fingerprint density at radius 1 is 1.26 bits per heavy atom. The van der Waals surface area contributed by atoms with Gasteiger partial charge >= 0.3 is 0 Å². The third kappa shape index (κ3) is 5.26. The number of carbonyl (C=O) groups excluding carboxylic acids is 2. The second-order valence-electron chi connectivity index (χ2n) is 7.60. The Labute approximate surface area is 182 Å². The van der Waals surface area contributed by atoms with Crippen molar-refractivity contribution in [3.05, 3.63) is 46.0 Å². The number of fused-ring (bicyclic) bond motifs is 1. The minimum atomic E-state index is -0.869. The van der Waals surface area contributed by atoms with E-state index in [0.717, 1.165) is 5.56 Å². The van der Waals surface area contributed by atoms with Gasteiger partial charge in [0.2, 0.25) is 11.8 Å². The zero-order chi connectivity index (χ0) is 21.8. The van der Waals surface area contributed by atoms with Crippen LogP contribution in [0.5, 0.6) is 0 Å². The average Bonchev–Trinajstić information content (AvgIpc) is 3.48. The Morgan fingerprint density at radius 2 is 2.03 bits per heavy atom. The van der Waals surface area contributed by atoms with Crippen molar-refractivity contribution in [2.45, 2.75) is 42.9 Å². The lowest BCUT2D eigenvalue weighted by Crippen LogP contribution is -2.56. The van der Waals surface area contributed by atoms with Crippen molar-refractivity contribution in [2.75, 3.05) is 24.8 Å². The number of nitrogens with one attached hydrogen (secondary N) is 3. The van der Waals surface area contributed by atoms with Gasteiger partial charge in [-0.1, -0.05) is 30.3 Å². The number of hydrogen-bond donors (Lipinski definition) is 3. The van der Waals surface area contributed by atoms with Crippen LogP contribution in [0.15, 0.2) is 30.3 Å². The summed E-state index contributed by atoms with van der Waals surface area (Å²) < 4.78 is 11.2. The molecule has 3 N–H and O–H groups in total. The van der Waals surface area contributed by atoms with Gasteiger partial charge in [-0.2, -0.15) is 0 Å². The highest BCUT2D eigenvalue weighted by Crippen LogP contribution is 2.29. The van der Waals surface area contributed by atoms with Gasteiger partial charge in [0.25, 0.3) is 5.09 Å². The summed E-state index contributed by atoms with van der Waals surface area (Å²) in [6, 6.07) is 7.80. The van der Waals surface area contributed by atoms with Gasteiger partial charge in [0.15, 0.2) is 6.10 Å². The van der Waals surface area contributed by atoms with Crippen molar-refractivity contribution >= 4 is 23.6 Å². The average molecular weight is 452 g/mol. The van der Waals surface area contributed by atoms with E-state index in [1.807, 2.05) is 30.3 Å². The van der Waals surface area contributed by atoms with Crippen molar-refractivity contribution in [1.82, 2.24) is 16.0 Å². The number of ether oxygens (including phenoxy) is 2. The molecule has 12 heteroatoms. The van der Waals surface area contributed by atoms with Crippen LogP contribution in [0.1, 0.15) is 5.56 Å². The van der Waals surface area contributed by atoms with Gasteiger partial charge in [-0.05, 0) is 5.56 Å². The van der Waals surface area contributed by atoms with Crippen LogP contribution in [0.25, 0.3) is 0 Å². The lowest BCUT2D eigenvalue weighted by Gasteiger charge is -2.24. The molecule has 31 heavy (non-hydrogen) atoms. The van der Waals surface area contributed by atoms with E-state index in [-0.39, 0.29) is 31.1 Å². The van der Waals surface area contributed by atoms with E-state index < -0.39 is 35.5 Å². The summed E-state index contributed by atoms with van der Waals surface area (Å²) >= 11 is 1.63. The molecule has 0 saturated carbocycles. The molecule has 3 saturated heterocycles. The Morgan fingerprint density at radius 3 is 2.74 bits per heavy atom. The van der Waals surface area contributed by atoms with Crippen LogP contribution in [0.2, 0.25) is 0 Å². The van der Waals surface area contributed by atoms with Crippen molar-refractivity contribution in [2.24, 2.45) is 0 Å². The van der Waals surface area contributed by atoms with Gasteiger partial charge < -0.3 is 24.9 Å². The SMILES string of the molecule is O=C(N[C@H](Cc1ccccc1)C(=O)N[C@H]1CO[C@H]2[C@@H]1OC[C@@H]2O[N+](=O)[O-])[C@@H]1CSCN1. The Bertz CT molecular complexity index is 808. The van der Waals surface area contributed by atoms with Gasteiger partial charge in [-0.25, -0.2) is 0 Å². The molecule has 0 aromatic heterocycles. The highest BCUT2D eigenvalue weighted by atomic mass is 32.2. The number of nitrogens with zero attached hydrogens (tertiary/aromatic N) is 1. The van der Waals surface area contributed by atoms with Crippen LogP contribution in [0.3, 0.4) is 0 Å². The number of benzene rings is 1. The van der Waals surface area contributed by atoms with E-state index in [4.69, 9.17) is 9.47 Å². The summed E-state index contributed by atoms with van der Waals surface area (Å²) in [5.41, 5.74) is 0.911. The third-order valence-corrected chi connectivity index (χ3v) is 6.45. The second-order valence-corrected chi connectivity index (χ2v) is 8.63. The fraction of sp³-hybridized carbons (Fsp3) is 0.579. The molecular weight excluding hydrogens is 428 g/mol. The molecule has 11 nitrogen and oxygen atoms in total. The molecular formula is C19H24N4O7S. The predicted octanol–water partition coefficient (Wildman–Crippen LogP) is -0.764. The van der Waals surface area contributed by atoms with Gasteiger partial charge in [0.1, 0.15) is 18.2 Å². The van der Waals surface area contributed by atoms with E-state index in [1.165, 1.54) is 0 Å². The lowest BCUT2D eigenvalue weighted by molar-refractivity contribution is -0.769. The van der Waals surface area contributed by atoms with Crippen LogP contribution in [-0.2, 0) is 30.3 Å². The maximum absolute atomic E-state index is 13.1. The fourth-order valence-electron chi connectivity index (χ4n) is 3.97. The molecule has 0 aliphatic carbocycles. The van der Waals surface area contributed by atoms with Crippen molar-refractivity contribution in [3.8, 4) is 0 Å². The number of thioether (sulfide) groups is 1. The molecule has 6 atom stereocenters. The largest absolute Gasteiger partial charge is 0.371 e. The van der Waals surface area contributed by atoms with Crippen LogP contribution in [0.4, 0.5) is 0 Å². The summed E-state index contributed by atoms with van der Waals surface area (Å²) in [4.78, 5) is 41.0. The van der Waals surface area contributed by atoms with Crippen LogP contribution in [0, 0.1) is 10.1 Å². The lowest BCUT2D eigenvalue weighted by atomic mass is 10.0. The first-order valence-corrected chi connectivity index (χ1v) is 11.2. The second kappa shape index (κ2) is 9.81. The van der Waals surface area contributed by atoms with Gasteiger partial charge in [0.05, 0.1) is 25.3 Å². The molecule has 1 aromatic carbocycles. The van der Waals surface area contributed by atoms with Crippen molar-refractivity contribution < 1.29 is 29.0 Å². The van der Waals surface area contributed by atoms with E-state index in [0.29, 0.717) is 18.1 Å². The highest BCUT2D eigenvalue weighted by molar-refractivity contribution is 7.99. The molecule has 3 heterocycles. The molecule has 0 bridgehead atoms. The third-order valence-electron chi connectivity index (χ3n) is 5.51. The zero-order valence-electron chi connectivity index (χ0n) is 16.6. The number of rotatable bonds is 8. The number of carbonyl (C=O) groups is 2. The smallest absolute Gasteiger partial charge is 0.294 e. The molecule has 1 aromatic rings. The first-order chi connectivity index (χ1) is 15.0. The Hall–Kier alpha value is -2.41. The predicted molar refractivity (Wildman–Crippen MR) is 110 cm³/mol. The normalized spacial score (nSPS) is 30.4. The molecule has 2 amide bonds. The quantitative estimate of drug-likeness (QED) is 0.343. The van der Waals surface area contributed by atoms with E-state index in [1.54, 1.807) is 11.8 Å². The van der Waals surface area contributed by atoms with E-state index in [9.17, 15) is 19.7 Å². The molecule has 3 fully saturated rings. The molecule has 0 spiro atoms. The van der Waals surface area contributed by atoms with Crippen molar-refractivity contribution in [1.29, 1.82) is 0 Å². The molecule has 168 valence electrons. The first-order valence-electron chi connectivity index (χ1n) is 10.0. The molecule has 3 aliphatic heterocycles. The zero-order valence-corrected chi connectivity index (χ0v) is 17.4. The number of hydrogen-bond acceptors (Lipinski definition) is 9. The first kappa shape index (κ1) is 21.8. The minimum Gasteiger partial charge on any atom is -0.371 e. The monoisotopic (exact) mass is 452 g/mol. The van der Waals surface area contributed by atoms with Gasteiger partial charge in [-0.3, -0.25) is 14.9 Å². The summed E-state index contributed by atoms with van der Waals surface area (Å²) in [7, 11) is 0. The number of amides is 2. The van der Waals surface area contributed by atoms with Crippen molar-refractivity contribution in [3.63, 3.8) is 0 Å². The molecule has 0 unspecified atom stereocenters. The Balaban J connectivity index is 1.40. The van der Waals surface area contributed by atoms with Gasteiger partial charge in [-0.15, -0.1) is 21.9 Å². The molecule has 0 radical (unpaired) electrons. The van der Waals surface area contributed by atoms with Crippen LogP contribution in [-0.4, -0.2) is 78.2 Å². The maximum Gasteiger partial charge on any atom is 0.294 e. The topological polar surface area (TPSA) is 141 Å². The summed E-state index contributed by atoms with van der Waals surface area (Å²) in [6.07, 6.45) is -1.67. The summed E-state index contributed by atoms with van der Waals surface area (Å²) in [5.74, 6) is 0.760.